The Morgan fingerprint density at radius 3 is 2.83 bits per heavy atom. The van der Waals surface area contributed by atoms with E-state index in [0.717, 1.165) is 24.2 Å². The predicted octanol–water partition coefficient (Wildman–Crippen LogP) is 2.35. The van der Waals surface area contributed by atoms with Crippen molar-refractivity contribution in [1.82, 2.24) is 9.78 Å². The van der Waals surface area contributed by atoms with Gasteiger partial charge in [-0.25, -0.2) is 4.79 Å². The van der Waals surface area contributed by atoms with Crippen LogP contribution in [0.1, 0.15) is 41.4 Å². The second kappa shape index (κ2) is 5.08. The number of nitrogens with zero attached hydrogens (tertiary/aromatic N) is 2. The molecular weight excluding hydrogens is 232 g/mol. The number of aromatic carboxylic acids is 1. The van der Waals surface area contributed by atoms with Gasteiger partial charge < -0.3 is 9.52 Å². The van der Waals surface area contributed by atoms with Crippen LogP contribution in [0.3, 0.4) is 0 Å². The maximum absolute atomic E-state index is 11.0. The molecule has 2 rings (SSSR count). The van der Waals surface area contributed by atoms with E-state index in [2.05, 4.69) is 18.1 Å². The van der Waals surface area contributed by atoms with Crippen LogP contribution in [0, 0.1) is 0 Å². The first-order chi connectivity index (χ1) is 8.65. The van der Waals surface area contributed by atoms with Gasteiger partial charge >= 0.3 is 5.97 Å². The minimum absolute atomic E-state index is 0.00870. The molecule has 0 saturated carbocycles. The zero-order valence-corrected chi connectivity index (χ0v) is 10.5. The Bertz CT molecular complexity index is 554. The second-order valence-electron chi connectivity index (χ2n) is 4.07. The van der Waals surface area contributed by atoms with Crippen molar-refractivity contribution >= 4 is 5.97 Å². The predicted molar refractivity (Wildman–Crippen MR) is 65.8 cm³/mol. The first-order valence-electron chi connectivity index (χ1n) is 6.01. The summed E-state index contributed by atoms with van der Waals surface area (Å²) in [6.07, 6.45) is 3.14. The van der Waals surface area contributed by atoms with Crippen LogP contribution in [-0.4, -0.2) is 20.9 Å². The molecule has 0 aromatic carbocycles. The highest BCUT2D eigenvalue weighted by Gasteiger charge is 2.15. The van der Waals surface area contributed by atoms with Gasteiger partial charge in [0.05, 0.1) is 18.5 Å². The summed E-state index contributed by atoms with van der Waals surface area (Å²) < 4.78 is 6.81. The van der Waals surface area contributed by atoms with Crippen molar-refractivity contribution in [1.29, 1.82) is 0 Å². The molecule has 0 aliphatic rings. The lowest BCUT2D eigenvalue weighted by Gasteiger charge is -2.04. The molecule has 0 amide bonds. The monoisotopic (exact) mass is 248 g/mol. The van der Waals surface area contributed by atoms with Gasteiger partial charge in [0.2, 0.25) is 5.76 Å². The highest BCUT2D eigenvalue weighted by Crippen LogP contribution is 2.15. The summed E-state index contributed by atoms with van der Waals surface area (Å²) in [4.78, 5) is 11.0. The van der Waals surface area contributed by atoms with Gasteiger partial charge in [0.15, 0.2) is 0 Å². The Labute approximate surface area is 105 Å². The summed E-state index contributed by atoms with van der Waals surface area (Å²) in [5.74, 6) is -1.05. The molecule has 1 N–H and O–H groups in total. The highest BCUT2D eigenvalue weighted by molar-refractivity contribution is 5.86. The van der Waals surface area contributed by atoms with E-state index in [0.29, 0.717) is 12.1 Å². The van der Waals surface area contributed by atoms with E-state index in [1.807, 2.05) is 11.6 Å². The van der Waals surface area contributed by atoms with E-state index < -0.39 is 5.97 Å². The van der Waals surface area contributed by atoms with Crippen LogP contribution in [0.5, 0.6) is 0 Å². The summed E-state index contributed by atoms with van der Waals surface area (Å²) in [5.41, 5.74) is 2.76. The fourth-order valence-electron chi connectivity index (χ4n) is 1.92. The average molecular weight is 248 g/mol. The van der Waals surface area contributed by atoms with Crippen LogP contribution >= 0.6 is 0 Å². The number of furan rings is 1. The van der Waals surface area contributed by atoms with Gasteiger partial charge in [-0.15, -0.1) is 0 Å². The first kappa shape index (κ1) is 12.4. The van der Waals surface area contributed by atoms with E-state index >= 15 is 0 Å². The Balaban J connectivity index is 2.30. The van der Waals surface area contributed by atoms with Gasteiger partial charge in [-0.1, -0.05) is 13.8 Å². The fraction of sp³-hybridized carbons (Fsp3) is 0.385. The first-order valence-corrected chi connectivity index (χ1v) is 6.01. The molecule has 0 saturated heterocycles. The van der Waals surface area contributed by atoms with Crippen LogP contribution in [0.2, 0.25) is 0 Å². The molecule has 96 valence electrons. The quantitative estimate of drug-likeness (QED) is 0.881. The number of hydrogen-bond donors (Lipinski definition) is 1. The molecule has 2 heterocycles. The molecule has 0 aliphatic heterocycles. The normalized spacial score (nSPS) is 10.8. The second-order valence-corrected chi connectivity index (χ2v) is 4.07. The van der Waals surface area contributed by atoms with Gasteiger partial charge in [0.25, 0.3) is 0 Å². The van der Waals surface area contributed by atoms with Crippen molar-refractivity contribution in [2.45, 2.75) is 33.2 Å². The summed E-state index contributed by atoms with van der Waals surface area (Å²) in [6.45, 7) is 4.54. The van der Waals surface area contributed by atoms with Gasteiger partial charge in [-0.2, -0.15) is 5.10 Å². The van der Waals surface area contributed by atoms with Crippen LogP contribution in [0.15, 0.2) is 22.8 Å². The van der Waals surface area contributed by atoms with Crippen molar-refractivity contribution in [2.75, 3.05) is 0 Å². The Kier molecular flexibility index (Phi) is 3.50. The molecule has 0 radical (unpaired) electrons. The minimum atomic E-state index is -1.05. The number of carboxylic acids is 1. The number of rotatable bonds is 5. The summed E-state index contributed by atoms with van der Waals surface area (Å²) in [5, 5.41) is 13.4. The van der Waals surface area contributed by atoms with Crippen LogP contribution in [-0.2, 0) is 19.4 Å². The minimum Gasteiger partial charge on any atom is -0.475 e. The van der Waals surface area contributed by atoms with E-state index in [-0.39, 0.29) is 5.76 Å². The van der Waals surface area contributed by atoms with E-state index in [1.54, 1.807) is 6.07 Å². The molecule has 0 unspecified atom stereocenters. The highest BCUT2D eigenvalue weighted by atomic mass is 16.4. The van der Waals surface area contributed by atoms with Gasteiger partial charge in [0, 0.05) is 11.3 Å². The van der Waals surface area contributed by atoms with Gasteiger partial charge in [-0.3, -0.25) is 4.68 Å². The third-order valence-electron chi connectivity index (χ3n) is 2.90. The van der Waals surface area contributed by atoms with Crippen molar-refractivity contribution in [3.63, 3.8) is 0 Å². The van der Waals surface area contributed by atoms with E-state index in [9.17, 15) is 4.79 Å². The van der Waals surface area contributed by atoms with E-state index in [4.69, 9.17) is 9.52 Å². The number of carboxylic acid groups (broad SMARTS) is 1. The van der Waals surface area contributed by atoms with Gasteiger partial charge in [0.1, 0.15) is 0 Å². The van der Waals surface area contributed by atoms with Crippen molar-refractivity contribution in [2.24, 2.45) is 0 Å². The summed E-state index contributed by atoms with van der Waals surface area (Å²) >= 11 is 0. The van der Waals surface area contributed by atoms with Crippen molar-refractivity contribution < 1.29 is 14.3 Å². The summed E-state index contributed by atoms with van der Waals surface area (Å²) in [7, 11) is 0. The van der Waals surface area contributed by atoms with Gasteiger partial charge in [-0.05, 0) is 25.0 Å². The molecule has 0 spiro atoms. The van der Waals surface area contributed by atoms with Crippen LogP contribution in [0.25, 0.3) is 0 Å². The maximum atomic E-state index is 11.0. The third kappa shape index (κ3) is 2.30. The van der Waals surface area contributed by atoms with E-state index in [1.165, 1.54) is 6.26 Å². The SMILES string of the molecule is CCc1cc(CC)n(Cc2ccoc2C(=O)O)n1. The molecule has 0 fully saturated rings. The lowest BCUT2D eigenvalue weighted by Crippen LogP contribution is -2.08. The molecule has 5 nitrogen and oxygen atoms in total. The molecular formula is C13H16N2O3. The fourth-order valence-corrected chi connectivity index (χ4v) is 1.92. The zero-order valence-electron chi connectivity index (χ0n) is 10.5. The molecule has 0 bridgehead atoms. The van der Waals surface area contributed by atoms with Crippen LogP contribution < -0.4 is 0 Å². The third-order valence-corrected chi connectivity index (χ3v) is 2.90. The van der Waals surface area contributed by atoms with Crippen molar-refractivity contribution in [3.05, 3.63) is 41.1 Å². The molecule has 0 atom stereocenters. The molecule has 2 aromatic heterocycles. The Hall–Kier alpha value is -2.04. The lowest BCUT2D eigenvalue weighted by molar-refractivity contribution is 0.0660. The Morgan fingerprint density at radius 2 is 2.22 bits per heavy atom. The van der Waals surface area contributed by atoms with Crippen molar-refractivity contribution in [3.8, 4) is 0 Å². The number of aryl methyl sites for hydroxylation is 2. The largest absolute Gasteiger partial charge is 0.475 e. The maximum Gasteiger partial charge on any atom is 0.372 e. The zero-order chi connectivity index (χ0) is 13.1. The standard InChI is InChI=1S/C13H16N2O3/c1-3-10-7-11(4-2)15(14-10)8-9-5-6-18-12(9)13(16)17/h5-7H,3-4,8H2,1-2H3,(H,16,17). The molecule has 0 aliphatic carbocycles. The molecule has 2 aromatic rings. The lowest BCUT2D eigenvalue weighted by atomic mass is 10.2. The number of carbonyl (C=O) groups is 1. The van der Waals surface area contributed by atoms with Crippen LogP contribution in [0.4, 0.5) is 0 Å². The molecule has 5 heteroatoms. The topological polar surface area (TPSA) is 68.3 Å². The molecule has 18 heavy (non-hydrogen) atoms. The average Bonchev–Trinajstić information content (AvgIpc) is 2.95. The Morgan fingerprint density at radius 1 is 1.44 bits per heavy atom. The summed E-state index contributed by atoms with van der Waals surface area (Å²) in [6, 6.07) is 3.73. The number of hydrogen-bond acceptors (Lipinski definition) is 3. The smallest absolute Gasteiger partial charge is 0.372 e. The number of aromatic nitrogens is 2.